The number of ether oxygens (including phenoxy) is 2. The van der Waals surface area contributed by atoms with Crippen molar-refractivity contribution in [3.63, 3.8) is 0 Å². The van der Waals surface area contributed by atoms with Crippen molar-refractivity contribution in [2.45, 2.75) is 90.3 Å². The number of nitrogens with zero attached hydrogens (tertiary/aromatic N) is 1. The minimum atomic E-state index is -0.947. The van der Waals surface area contributed by atoms with Crippen LogP contribution < -0.4 is 15.4 Å². The molecule has 2 atom stereocenters. The van der Waals surface area contributed by atoms with Crippen molar-refractivity contribution in [2.24, 2.45) is 0 Å². The number of thioether (sulfide) groups is 1. The molecule has 2 aromatic carbocycles. The molecule has 2 N–H and O–H groups in total. The number of methoxy groups -OCH3 is 1. The van der Waals surface area contributed by atoms with Gasteiger partial charge in [-0.1, -0.05) is 69.9 Å². The standard InChI is InChI=1S/C35H51N3O5S/c1-8-10-11-12-13-14-23-38(33(40)30(22-24-44-7)37-34(41)43-35(3,4)5)31(27-17-15-16-26(9-2)25-27)32(39)36-28-18-20-29(42-6)21-19-28/h9,15-21,25,30-31H,2,8,10-14,22-24H2,1,3-7H3,(H,36,39)(H,37,41). The van der Waals surface area contributed by atoms with Gasteiger partial charge in [0.15, 0.2) is 0 Å². The highest BCUT2D eigenvalue weighted by Crippen LogP contribution is 2.27. The zero-order valence-corrected chi connectivity index (χ0v) is 28.1. The van der Waals surface area contributed by atoms with E-state index in [0.29, 0.717) is 35.7 Å². The minimum absolute atomic E-state index is 0.322. The van der Waals surface area contributed by atoms with E-state index in [-0.39, 0.29) is 11.8 Å². The predicted octanol–water partition coefficient (Wildman–Crippen LogP) is 7.85. The lowest BCUT2D eigenvalue weighted by atomic mass is 9.99. The Kier molecular flexibility index (Phi) is 15.9. The van der Waals surface area contributed by atoms with E-state index in [0.717, 1.165) is 37.7 Å². The number of amides is 3. The third-order valence-corrected chi connectivity index (χ3v) is 7.66. The van der Waals surface area contributed by atoms with Gasteiger partial charge in [-0.2, -0.15) is 11.8 Å². The molecule has 0 radical (unpaired) electrons. The number of rotatable bonds is 18. The smallest absolute Gasteiger partial charge is 0.408 e. The maximum atomic E-state index is 14.5. The first-order valence-corrected chi connectivity index (χ1v) is 16.9. The zero-order chi connectivity index (χ0) is 32.5. The van der Waals surface area contributed by atoms with Crippen molar-refractivity contribution in [1.29, 1.82) is 0 Å². The number of benzene rings is 2. The Balaban J connectivity index is 2.53. The Morgan fingerprint density at radius 2 is 1.70 bits per heavy atom. The largest absolute Gasteiger partial charge is 0.497 e. The van der Waals surface area contributed by atoms with Gasteiger partial charge in [0, 0.05) is 12.2 Å². The first-order chi connectivity index (χ1) is 21.0. The molecule has 0 heterocycles. The van der Waals surface area contributed by atoms with E-state index in [2.05, 4.69) is 24.1 Å². The van der Waals surface area contributed by atoms with Crippen LogP contribution in [0.3, 0.4) is 0 Å². The average molecular weight is 626 g/mol. The van der Waals surface area contributed by atoms with Crippen LogP contribution in [0.5, 0.6) is 5.75 Å². The summed E-state index contributed by atoms with van der Waals surface area (Å²) < 4.78 is 10.8. The first-order valence-electron chi connectivity index (χ1n) is 15.5. The second-order valence-corrected chi connectivity index (χ2v) is 12.8. The van der Waals surface area contributed by atoms with Gasteiger partial charge in [-0.3, -0.25) is 9.59 Å². The van der Waals surface area contributed by atoms with Crippen molar-refractivity contribution in [3.05, 3.63) is 66.2 Å². The molecule has 2 aromatic rings. The van der Waals surface area contributed by atoms with Gasteiger partial charge < -0.3 is 25.0 Å². The van der Waals surface area contributed by atoms with Crippen molar-refractivity contribution in [1.82, 2.24) is 10.2 Å². The summed E-state index contributed by atoms with van der Waals surface area (Å²) in [4.78, 5) is 43.1. The Morgan fingerprint density at radius 3 is 2.32 bits per heavy atom. The summed E-state index contributed by atoms with van der Waals surface area (Å²) >= 11 is 1.59. The van der Waals surface area contributed by atoms with E-state index in [1.165, 1.54) is 6.42 Å². The molecule has 0 aliphatic heterocycles. The lowest BCUT2D eigenvalue weighted by Crippen LogP contribution is -2.52. The van der Waals surface area contributed by atoms with Crippen molar-refractivity contribution in [3.8, 4) is 5.75 Å². The second kappa shape index (κ2) is 19.0. The fourth-order valence-corrected chi connectivity index (χ4v) is 5.26. The summed E-state index contributed by atoms with van der Waals surface area (Å²) in [6.45, 7) is 11.8. The van der Waals surface area contributed by atoms with Crippen LogP contribution in [-0.4, -0.2) is 60.1 Å². The lowest BCUT2D eigenvalue weighted by Gasteiger charge is -2.35. The van der Waals surface area contributed by atoms with Crippen LogP contribution in [0, 0.1) is 0 Å². The molecule has 0 spiro atoms. The van der Waals surface area contributed by atoms with Crippen LogP contribution in [0.15, 0.2) is 55.1 Å². The highest BCUT2D eigenvalue weighted by Gasteiger charge is 2.36. The number of carbonyl (C=O) groups excluding carboxylic acids is 3. The van der Waals surface area contributed by atoms with E-state index in [1.54, 1.807) is 74.9 Å². The molecule has 242 valence electrons. The lowest BCUT2D eigenvalue weighted by molar-refractivity contribution is -0.141. The third-order valence-electron chi connectivity index (χ3n) is 7.02. The van der Waals surface area contributed by atoms with Crippen molar-refractivity contribution < 1.29 is 23.9 Å². The van der Waals surface area contributed by atoms with E-state index in [9.17, 15) is 14.4 Å². The molecular weight excluding hydrogens is 574 g/mol. The van der Waals surface area contributed by atoms with Gasteiger partial charge in [0.25, 0.3) is 5.91 Å². The van der Waals surface area contributed by atoms with E-state index < -0.39 is 23.8 Å². The molecule has 2 rings (SSSR count). The van der Waals surface area contributed by atoms with Gasteiger partial charge >= 0.3 is 6.09 Å². The molecule has 3 amide bonds. The third kappa shape index (κ3) is 12.6. The summed E-state index contributed by atoms with van der Waals surface area (Å²) in [5, 5.41) is 5.82. The number of hydrogen-bond donors (Lipinski definition) is 2. The van der Waals surface area contributed by atoms with Gasteiger partial charge in [-0.25, -0.2) is 4.79 Å². The van der Waals surface area contributed by atoms with Gasteiger partial charge in [0.2, 0.25) is 5.91 Å². The highest BCUT2D eigenvalue weighted by molar-refractivity contribution is 7.98. The monoisotopic (exact) mass is 625 g/mol. The molecule has 0 bridgehead atoms. The zero-order valence-electron chi connectivity index (χ0n) is 27.3. The summed E-state index contributed by atoms with van der Waals surface area (Å²) in [6.07, 6.45) is 9.55. The van der Waals surface area contributed by atoms with Crippen LogP contribution >= 0.6 is 11.8 Å². The fourth-order valence-electron chi connectivity index (χ4n) is 4.79. The number of anilines is 1. The van der Waals surface area contributed by atoms with Gasteiger partial charge in [-0.15, -0.1) is 0 Å². The number of alkyl carbamates (subject to hydrolysis) is 1. The number of unbranched alkanes of at least 4 members (excludes halogenated alkanes) is 5. The number of carbonyl (C=O) groups is 3. The minimum Gasteiger partial charge on any atom is -0.497 e. The fraction of sp³-hybridized carbons (Fsp3) is 0.514. The maximum absolute atomic E-state index is 14.5. The number of nitrogens with one attached hydrogen (secondary N) is 2. The molecule has 0 saturated carbocycles. The van der Waals surface area contributed by atoms with Crippen LogP contribution in [0.2, 0.25) is 0 Å². The molecule has 0 fully saturated rings. The Hall–Kier alpha value is -3.46. The molecule has 2 unspecified atom stereocenters. The Labute approximate surface area is 268 Å². The summed E-state index contributed by atoms with van der Waals surface area (Å²) in [5.74, 6) is 0.642. The Bertz CT molecular complexity index is 1200. The molecule has 0 saturated heterocycles. The molecular formula is C35H51N3O5S. The topological polar surface area (TPSA) is 97.0 Å². The van der Waals surface area contributed by atoms with Crippen LogP contribution in [0.4, 0.5) is 10.5 Å². The summed E-state index contributed by atoms with van der Waals surface area (Å²) in [6, 6.07) is 12.7. The number of hydrogen-bond acceptors (Lipinski definition) is 6. The van der Waals surface area contributed by atoms with Crippen LogP contribution in [-0.2, 0) is 14.3 Å². The molecule has 9 heteroatoms. The first kappa shape index (κ1) is 36.7. The van der Waals surface area contributed by atoms with Crippen molar-refractivity contribution >= 4 is 41.4 Å². The highest BCUT2D eigenvalue weighted by atomic mass is 32.2. The molecule has 0 aliphatic rings. The van der Waals surface area contributed by atoms with Crippen molar-refractivity contribution in [2.75, 3.05) is 31.0 Å². The van der Waals surface area contributed by atoms with Crippen LogP contribution in [0.1, 0.15) is 89.8 Å². The van der Waals surface area contributed by atoms with E-state index >= 15 is 0 Å². The molecule has 0 aromatic heterocycles. The van der Waals surface area contributed by atoms with E-state index in [4.69, 9.17) is 9.47 Å². The normalized spacial score (nSPS) is 12.5. The average Bonchev–Trinajstić information content (AvgIpc) is 2.99. The predicted molar refractivity (Wildman–Crippen MR) is 182 cm³/mol. The van der Waals surface area contributed by atoms with E-state index in [1.807, 2.05) is 30.5 Å². The van der Waals surface area contributed by atoms with Gasteiger partial charge in [0.05, 0.1) is 7.11 Å². The van der Waals surface area contributed by atoms with Gasteiger partial charge in [0.1, 0.15) is 23.4 Å². The SMILES string of the molecule is C=Cc1cccc(C(C(=O)Nc2ccc(OC)cc2)N(CCCCCCCC)C(=O)C(CCSC)NC(=O)OC(C)(C)C)c1. The second-order valence-electron chi connectivity index (χ2n) is 11.8. The Morgan fingerprint density at radius 1 is 1.02 bits per heavy atom. The molecule has 0 aliphatic carbocycles. The van der Waals surface area contributed by atoms with Gasteiger partial charge in [-0.05, 0) is 87.1 Å². The maximum Gasteiger partial charge on any atom is 0.408 e. The molecule has 44 heavy (non-hydrogen) atoms. The molecule has 8 nitrogen and oxygen atoms in total. The summed E-state index contributed by atoms with van der Waals surface area (Å²) in [5.41, 5.74) is 1.36. The summed E-state index contributed by atoms with van der Waals surface area (Å²) in [7, 11) is 1.58. The quantitative estimate of drug-likeness (QED) is 0.164. The van der Waals surface area contributed by atoms with Crippen LogP contribution in [0.25, 0.3) is 6.08 Å².